The van der Waals surface area contributed by atoms with E-state index in [0.29, 0.717) is 17.1 Å². The number of ether oxygens (including phenoxy) is 2. The molecule has 1 saturated heterocycles. The number of esters is 1. The van der Waals surface area contributed by atoms with Gasteiger partial charge in [-0.1, -0.05) is 12.1 Å². The van der Waals surface area contributed by atoms with Crippen LogP contribution in [0.5, 0.6) is 5.75 Å². The van der Waals surface area contributed by atoms with Gasteiger partial charge in [0.15, 0.2) is 6.61 Å². The molecule has 0 spiro atoms. The molecule has 1 N–H and O–H groups in total. The number of nitrogens with zero attached hydrogens (tertiary/aromatic N) is 1. The zero-order valence-electron chi connectivity index (χ0n) is 16.7. The molecule has 0 radical (unpaired) electrons. The van der Waals surface area contributed by atoms with E-state index in [-0.39, 0.29) is 25.5 Å². The normalized spacial score (nSPS) is 15.9. The number of hydrogen-bond donors (Lipinski definition) is 1. The summed E-state index contributed by atoms with van der Waals surface area (Å²) < 4.78 is 10.3. The molecule has 2 amide bonds. The highest BCUT2D eigenvalue weighted by Gasteiger charge is 2.36. The quantitative estimate of drug-likeness (QED) is 0.759. The molecular formula is C22H24N2O5. The van der Waals surface area contributed by atoms with Crippen LogP contribution in [0.1, 0.15) is 17.5 Å². The largest absolute Gasteiger partial charge is 0.497 e. The molecule has 0 aliphatic carbocycles. The first-order valence-electron chi connectivity index (χ1n) is 9.36. The lowest BCUT2D eigenvalue weighted by Gasteiger charge is -2.17. The van der Waals surface area contributed by atoms with Gasteiger partial charge in [0.25, 0.3) is 5.91 Å². The Balaban J connectivity index is 1.53. The molecule has 1 unspecified atom stereocenters. The van der Waals surface area contributed by atoms with Gasteiger partial charge in [-0.2, -0.15) is 0 Å². The van der Waals surface area contributed by atoms with E-state index in [1.807, 2.05) is 26.0 Å². The van der Waals surface area contributed by atoms with Crippen molar-refractivity contribution >= 4 is 29.2 Å². The van der Waals surface area contributed by atoms with Crippen molar-refractivity contribution in [3.8, 4) is 5.75 Å². The van der Waals surface area contributed by atoms with Crippen LogP contribution in [0.2, 0.25) is 0 Å². The third-order valence-corrected chi connectivity index (χ3v) is 5.07. The Kier molecular flexibility index (Phi) is 6.16. The highest BCUT2D eigenvalue weighted by Crippen LogP contribution is 2.27. The Labute approximate surface area is 169 Å². The molecule has 2 aromatic rings. The summed E-state index contributed by atoms with van der Waals surface area (Å²) in [7, 11) is 1.57. The van der Waals surface area contributed by atoms with Crippen molar-refractivity contribution in [1.29, 1.82) is 0 Å². The number of carbonyl (C=O) groups excluding carboxylic acids is 3. The third-order valence-electron chi connectivity index (χ3n) is 5.07. The third kappa shape index (κ3) is 4.74. The van der Waals surface area contributed by atoms with Crippen molar-refractivity contribution in [3.63, 3.8) is 0 Å². The maximum atomic E-state index is 12.3. The van der Waals surface area contributed by atoms with E-state index in [1.165, 1.54) is 0 Å². The predicted octanol–water partition coefficient (Wildman–Crippen LogP) is 2.85. The maximum absolute atomic E-state index is 12.3. The molecule has 2 aromatic carbocycles. The number of methoxy groups -OCH3 is 1. The van der Waals surface area contributed by atoms with Crippen LogP contribution in [-0.4, -0.2) is 38.0 Å². The summed E-state index contributed by atoms with van der Waals surface area (Å²) in [4.78, 5) is 38.3. The van der Waals surface area contributed by atoms with Gasteiger partial charge in [0.1, 0.15) is 5.75 Å². The molecule has 0 saturated carbocycles. The number of hydrogen-bond acceptors (Lipinski definition) is 5. The van der Waals surface area contributed by atoms with Crippen LogP contribution in [0.3, 0.4) is 0 Å². The Bertz CT molecular complexity index is 923. The van der Waals surface area contributed by atoms with E-state index < -0.39 is 17.8 Å². The molecule has 29 heavy (non-hydrogen) atoms. The highest BCUT2D eigenvalue weighted by atomic mass is 16.5. The average Bonchev–Trinajstić information content (AvgIpc) is 3.11. The smallest absolute Gasteiger partial charge is 0.311 e. The number of benzene rings is 2. The van der Waals surface area contributed by atoms with Crippen molar-refractivity contribution in [3.05, 3.63) is 53.6 Å². The molecule has 7 heteroatoms. The van der Waals surface area contributed by atoms with Crippen LogP contribution >= 0.6 is 0 Å². The van der Waals surface area contributed by atoms with Gasteiger partial charge in [-0.15, -0.1) is 0 Å². The second kappa shape index (κ2) is 8.77. The number of rotatable bonds is 6. The molecule has 1 fully saturated rings. The topological polar surface area (TPSA) is 84.9 Å². The molecule has 0 aromatic heterocycles. The summed E-state index contributed by atoms with van der Waals surface area (Å²) in [6.45, 7) is 3.70. The van der Waals surface area contributed by atoms with Crippen LogP contribution in [0.15, 0.2) is 42.5 Å². The summed E-state index contributed by atoms with van der Waals surface area (Å²) in [6.07, 6.45) is 0.0590. The van der Waals surface area contributed by atoms with E-state index in [2.05, 4.69) is 5.32 Å². The minimum Gasteiger partial charge on any atom is -0.497 e. The fraction of sp³-hybridized carbons (Fsp3) is 0.318. The lowest BCUT2D eigenvalue weighted by atomic mass is 10.1. The lowest BCUT2D eigenvalue weighted by molar-refractivity contribution is -0.151. The van der Waals surface area contributed by atoms with E-state index in [4.69, 9.17) is 9.47 Å². The van der Waals surface area contributed by atoms with Crippen LogP contribution in [0.4, 0.5) is 11.4 Å². The molecule has 3 rings (SSSR count). The first kappa shape index (κ1) is 20.4. The number of carbonyl (C=O) groups is 3. The summed E-state index contributed by atoms with van der Waals surface area (Å²) >= 11 is 0. The summed E-state index contributed by atoms with van der Waals surface area (Å²) in [5.74, 6) is -1.03. The zero-order chi connectivity index (χ0) is 21.0. The second-order valence-corrected chi connectivity index (χ2v) is 7.01. The minimum atomic E-state index is -0.599. The van der Waals surface area contributed by atoms with Crippen molar-refractivity contribution in [2.45, 2.75) is 20.3 Å². The number of nitrogens with one attached hydrogen (secondary N) is 1. The van der Waals surface area contributed by atoms with E-state index in [1.54, 1.807) is 42.3 Å². The minimum absolute atomic E-state index is 0.0590. The van der Waals surface area contributed by atoms with Crippen molar-refractivity contribution in [2.75, 3.05) is 30.5 Å². The SMILES string of the molecule is COc1ccc(N2CC(C(=O)OCC(=O)Nc3cccc(C)c3C)CC2=O)cc1. The van der Waals surface area contributed by atoms with Crippen LogP contribution < -0.4 is 15.0 Å². The van der Waals surface area contributed by atoms with Gasteiger partial charge in [0.05, 0.1) is 13.0 Å². The highest BCUT2D eigenvalue weighted by molar-refractivity contribution is 6.00. The molecule has 7 nitrogen and oxygen atoms in total. The molecule has 1 aliphatic rings. The van der Waals surface area contributed by atoms with Crippen molar-refractivity contribution in [2.24, 2.45) is 5.92 Å². The number of amides is 2. The molecule has 1 aliphatic heterocycles. The average molecular weight is 396 g/mol. The summed E-state index contributed by atoms with van der Waals surface area (Å²) in [5, 5.41) is 2.75. The maximum Gasteiger partial charge on any atom is 0.311 e. The monoisotopic (exact) mass is 396 g/mol. The van der Waals surface area contributed by atoms with Crippen LogP contribution in [0, 0.1) is 19.8 Å². The van der Waals surface area contributed by atoms with Gasteiger partial charge < -0.3 is 19.7 Å². The first-order valence-corrected chi connectivity index (χ1v) is 9.36. The van der Waals surface area contributed by atoms with Crippen LogP contribution in [0.25, 0.3) is 0 Å². The van der Waals surface area contributed by atoms with Crippen molar-refractivity contribution in [1.82, 2.24) is 0 Å². The van der Waals surface area contributed by atoms with Gasteiger partial charge in [-0.3, -0.25) is 14.4 Å². The number of aryl methyl sites for hydroxylation is 1. The fourth-order valence-electron chi connectivity index (χ4n) is 3.20. The molecule has 152 valence electrons. The van der Waals surface area contributed by atoms with Crippen LogP contribution in [-0.2, 0) is 19.1 Å². The van der Waals surface area contributed by atoms with Crippen molar-refractivity contribution < 1.29 is 23.9 Å². The number of anilines is 2. The Morgan fingerprint density at radius 3 is 2.55 bits per heavy atom. The van der Waals surface area contributed by atoms with E-state index in [9.17, 15) is 14.4 Å². The first-order chi connectivity index (χ1) is 13.9. The van der Waals surface area contributed by atoms with Gasteiger partial charge in [-0.25, -0.2) is 0 Å². The van der Waals surface area contributed by atoms with Gasteiger partial charge >= 0.3 is 5.97 Å². The fourth-order valence-corrected chi connectivity index (χ4v) is 3.20. The van der Waals surface area contributed by atoms with Gasteiger partial charge in [0, 0.05) is 24.3 Å². The predicted molar refractivity (Wildman–Crippen MR) is 109 cm³/mol. The van der Waals surface area contributed by atoms with E-state index in [0.717, 1.165) is 11.1 Å². The Hall–Kier alpha value is -3.35. The Morgan fingerprint density at radius 2 is 1.86 bits per heavy atom. The van der Waals surface area contributed by atoms with Gasteiger partial charge in [-0.05, 0) is 55.3 Å². The summed E-state index contributed by atoms with van der Waals surface area (Å²) in [5.41, 5.74) is 3.40. The molecule has 1 atom stereocenters. The van der Waals surface area contributed by atoms with E-state index >= 15 is 0 Å². The molecule has 0 bridgehead atoms. The zero-order valence-corrected chi connectivity index (χ0v) is 16.7. The summed E-state index contributed by atoms with van der Waals surface area (Å²) in [6, 6.07) is 12.6. The second-order valence-electron chi connectivity index (χ2n) is 7.01. The van der Waals surface area contributed by atoms with Gasteiger partial charge in [0.2, 0.25) is 5.91 Å². The molecule has 1 heterocycles. The standard InChI is InChI=1S/C22H24N2O5/c1-14-5-4-6-19(15(14)2)23-20(25)13-29-22(27)16-11-21(26)24(12-16)17-7-9-18(28-3)10-8-17/h4-10,16H,11-13H2,1-3H3,(H,23,25). The lowest BCUT2D eigenvalue weighted by Crippen LogP contribution is -2.28. The molecular weight excluding hydrogens is 372 g/mol. The Morgan fingerprint density at radius 1 is 1.14 bits per heavy atom.